The van der Waals surface area contributed by atoms with Gasteiger partial charge < -0.3 is 9.84 Å². The molecule has 1 heterocycles. The van der Waals surface area contributed by atoms with Crippen LogP contribution in [0.3, 0.4) is 0 Å². The Morgan fingerprint density at radius 3 is 2.65 bits per heavy atom. The van der Waals surface area contributed by atoms with E-state index < -0.39 is 6.10 Å². The Morgan fingerprint density at radius 2 is 1.80 bits per heavy atom. The number of rotatable bonds is 4. The lowest BCUT2D eigenvalue weighted by atomic mass is 9.93. The highest BCUT2D eigenvalue weighted by molar-refractivity contribution is 5.31. The summed E-state index contributed by atoms with van der Waals surface area (Å²) in [4.78, 5) is 0. The van der Waals surface area contributed by atoms with Gasteiger partial charge in [-0.2, -0.15) is 0 Å². The molecule has 2 unspecified atom stereocenters. The highest BCUT2D eigenvalue weighted by Crippen LogP contribution is 2.32. The Hall–Kier alpha value is -1.64. The molecule has 20 heavy (non-hydrogen) atoms. The van der Waals surface area contributed by atoms with Gasteiger partial charge in [-0.1, -0.05) is 54.6 Å². The second-order valence-electron chi connectivity index (χ2n) is 5.31. The molecule has 0 aliphatic carbocycles. The molecule has 2 nitrogen and oxygen atoms in total. The molecule has 0 aromatic heterocycles. The second kappa shape index (κ2) is 6.21. The first-order valence-corrected chi connectivity index (χ1v) is 7.27. The van der Waals surface area contributed by atoms with Crippen LogP contribution in [0, 0.1) is 0 Å². The van der Waals surface area contributed by atoms with Crippen molar-refractivity contribution in [1.82, 2.24) is 0 Å². The highest BCUT2D eigenvalue weighted by atomic mass is 16.5. The number of aliphatic hydroxyl groups is 1. The van der Waals surface area contributed by atoms with Crippen LogP contribution in [0.1, 0.15) is 41.7 Å². The predicted molar refractivity (Wildman–Crippen MR) is 79.5 cm³/mol. The van der Waals surface area contributed by atoms with E-state index in [-0.39, 0.29) is 6.10 Å². The van der Waals surface area contributed by atoms with Crippen LogP contribution in [0.4, 0.5) is 0 Å². The van der Waals surface area contributed by atoms with E-state index in [1.165, 1.54) is 11.1 Å². The van der Waals surface area contributed by atoms with E-state index in [2.05, 4.69) is 24.3 Å². The molecule has 2 heteroatoms. The van der Waals surface area contributed by atoms with Gasteiger partial charge in [0, 0.05) is 0 Å². The fourth-order valence-corrected chi connectivity index (χ4v) is 2.87. The van der Waals surface area contributed by atoms with Gasteiger partial charge in [0.25, 0.3) is 0 Å². The van der Waals surface area contributed by atoms with E-state index in [1.54, 1.807) is 0 Å². The molecule has 2 aromatic rings. The lowest BCUT2D eigenvalue weighted by molar-refractivity contribution is 0.0247. The first-order valence-electron chi connectivity index (χ1n) is 7.27. The van der Waals surface area contributed by atoms with Crippen LogP contribution in [-0.2, 0) is 11.2 Å². The molecule has 104 valence electrons. The Balaban J connectivity index is 1.65. The summed E-state index contributed by atoms with van der Waals surface area (Å²) in [6.45, 7) is 0.781. The van der Waals surface area contributed by atoms with Crippen LogP contribution in [0.5, 0.6) is 0 Å². The minimum atomic E-state index is -0.408. The van der Waals surface area contributed by atoms with Crippen LogP contribution < -0.4 is 0 Å². The number of benzene rings is 2. The number of ether oxygens (including phenoxy) is 1. The molecule has 0 saturated carbocycles. The van der Waals surface area contributed by atoms with Crippen molar-refractivity contribution in [1.29, 1.82) is 0 Å². The monoisotopic (exact) mass is 268 g/mol. The molecule has 1 aliphatic rings. The Bertz CT molecular complexity index is 550. The molecule has 2 aromatic carbocycles. The van der Waals surface area contributed by atoms with Gasteiger partial charge in [-0.25, -0.2) is 0 Å². The lowest BCUT2D eigenvalue weighted by Gasteiger charge is -2.26. The number of hydrogen-bond donors (Lipinski definition) is 1. The summed E-state index contributed by atoms with van der Waals surface area (Å²) < 4.78 is 5.88. The van der Waals surface area contributed by atoms with Crippen LogP contribution >= 0.6 is 0 Å². The quantitative estimate of drug-likeness (QED) is 0.913. The molecule has 0 bridgehead atoms. The number of hydrogen-bond acceptors (Lipinski definition) is 2. The van der Waals surface area contributed by atoms with Crippen molar-refractivity contribution in [3.63, 3.8) is 0 Å². The smallest absolute Gasteiger partial charge is 0.0828 e. The topological polar surface area (TPSA) is 29.5 Å². The van der Waals surface area contributed by atoms with E-state index in [0.29, 0.717) is 0 Å². The Morgan fingerprint density at radius 1 is 1.05 bits per heavy atom. The summed E-state index contributed by atoms with van der Waals surface area (Å²) in [7, 11) is 0. The third-order valence-corrected chi connectivity index (χ3v) is 3.98. The molecule has 0 saturated heterocycles. The van der Waals surface area contributed by atoms with Gasteiger partial charge in [0.1, 0.15) is 0 Å². The normalized spacial score (nSPS) is 19.4. The number of fused-ring (bicyclic) bond motifs is 1. The van der Waals surface area contributed by atoms with Crippen molar-refractivity contribution >= 4 is 0 Å². The summed E-state index contributed by atoms with van der Waals surface area (Å²) in [5, 5.41) is 10.2. The Labute approximate surface area is 120 Å². The predicted octanol–water partition coefficient (Wildman–Crippen LogP) is 3.81. The van der Waals surface area contributed by atoms with Crippen LogP contribution in [0.15, 0.2) is 54.6 Å². The summed E-state index contributed by atoms with van der Waals surface area (Å²) in [5.74, 6) is 0. The summed E-state index contributed by atoms with van der Waals surface area (Å²) in [5.41, 5.74) is 3.66. The van der Waals surface area contributed by atoms with Gasteiger partial charge in [-0.15, -0.1) is 0 Å². The standard InChI is InChI=1S/C18H20O2/c19-17(15-7-2-1-3-8-15)10-11-18-16-9-5-4-6-14(16)12-13-20-18/h1-9,17-19H,10-13H2. The largest absolute Gasteiger partial charge is 0.388 e. The van der Waals surface area contributed by atoms with Gasteiger partial charge in [0.05, 0.1) is 18.8 Å². The SMILES string of the molecule is OC(CCC1OCCc2ccccc21)c1ccccc1. The van der Waals surface area contributed by atoms with Gasteiger partial charge in [-0.3, -0.25) is 0 Å². The van der Waals surface area contributed by atoms with E-state index in [9.17, 15) is 5.11 Å². The van der Waals surface area contributed by atoms with Gasteiger partial charge in [0.2, 0.25) is 0 Å². The first kappa shape index (κ1) is 13.3. The molecule has 0 spiro atoms. The molecule has 0 fully saturated rings. The minimum absolute atomic E-state index is 0.123. The molecule has 1 N–H and O–H groups in total. The summed E-state index contributed by atoms with van der Waals surface area (Å²) >= 11 is 0. The average molecular weight is 268 g/mol. The molecule has 3 rings (SSSR count). The zero-order chi connectivity index (χ0) is 13.8. The highest BCUT2D eigenvalue weighted by Gasteiger charge is 2.21. The molecule has 1 aliphatic heterocycles. The second-order valence-corrected chi connectivity index (χ2v) is 5.31. The minimum Gasteiger partial charge on any atom is -0.388 e. The van der Waals surface area contributed by atoms with Crippen molar-refractivity contribution < 1.29 is 9.84 Å². The zero-order valence-corrected chi connectivity index (χ0v) is 11.5. The van der Waals surface area contributed by atoms with Gasteiger partial charge in [-0.05, 0) is 36.0 Å². The van der Waals surface area contributed by atoms with E-state index >= 15 is 0 Å². The summed E-state index contributed by atoms with van der Waals surface area (Å²) in [6, 6.07) is 18.3. The molecular weight excluding hydrogens is 248 g/mol. The maximum Gasteiger partial charge on any atom is 0.0828 e. The van der Waals surface area contributed by atoms with E-state index in [0.717, 1.165) is 31.4 Å². The van der Waals surface area contributed by atoms with Crippen LogP contribution in [0.25, 0.3) is 0 Å². The third-order valence-electron chi connectivity index (χ3n) is 3.98. The molecule has 2 atom stereocenters. The van der Waals surface area contributed by atoms with Crippen molar-refractivity contribution in [2.75, 3.05) is 6.61 Å². The maximum atomic E-state index is 10.2. The molecule has 0 radical (unpaired) electrons. The van der Waals surface area contributed by atoms with Crippen molar-refractivity contribution in [2.24, 2.45) is 0 Å². The maximum absolute atomic E-state index is 10.2. The Kier molecular flexibility index (Phi) is 4.14. The molecular formula is C18H20O2. The van der Waals surface area contributed by atoms with Crippen LogP contribution in [-0.4, -0.2) is 11.7 Å². The van der Waals surface area contributed by atoms with E-state index in [4.69, 9.17) is 4.74 Å². The van der Waals surface area contributed by atoms with Gasteiger partial charge in [0.15, 0.2) is 0 Å². The fraction of sp³-hybridized carbons (Fsp3) is 0.333. The summed E-state index contributed by atoms with van der Waals surface area (Å²) in [6.07, 6.45) is 2.29. The van der Waals surface area contributed by atoms with Crippen molar-refractivity contribution in [3.05, 3.63) is 71.3 Å². The van der Waals surface area contributed by atoms with Crippen molar-refractivity contribution in [3.8, 4) is 0 Å². The fourth-order valence-electron chi connectivity index (χ4n) is 2.87. The molecule has 0 amide bonds. The number of aliphatic hydroxyl groups excluding tert-OH is 1. The van der Waals surface area contributed by atoms with Crippen molar-refractivity contribution in [2.45, 2.75) is 31.5 Å². The van der Waals surface area contributed by atoms with Crippen LogP contribution in [0.2, 0.25) is 0 Å². The average Bonchev–Trinajstić information content (AvgIpc) is 2.53. The van der Waals surface area contributed by atoms with Gasteiger partial charge >= 0.3 is 0 Å². The third kappa shape index (κ3) is 2.92. The van der Waals surface area contributed by atoms with E-state index in [1.807, 2.05) is 30.3 Å². The first-order chi connectivity index (χ1) is 9.84. The lowest BCUT2D eigenvalue weighted by Crippen LogP contribution is -2.17. The zero-order valence-electron chi connectivity index (χ0n) is 11.5.